The van der Waals surface area contributed by atoms with Gasteiger partial charge in [0, 0.05) is 11.1 Å². The van der Waals surface area contributed by atoms with E-state index in [1.54, 1.807) is 6.07 Å². The molecule has 90 valence electrons. The van der Waals surface area contributed by atoms with Crippen LogP contribution in [-0.2, 0) is 0 Å². The summed E-state index contributed by atoms with van der Waals surface area (Å²) in [6.07, 6.45) is 4.56. The lowest BCUT2D eigenvalue weighted by molar-refractivity contribution is 0.490. The summed E-state index contributed by atoms with van der Waals surface area (Å²) in [5.41, 5.74) is 0.601. The van der Waals surface area contributed by atoms with E-state index >= 15 is 0 Å². The second-order valence-corrected chi connectivity index (χ2v) is 4.85. The minimum absolute atomic E-state index is 0.327. The van der Waals surface area contributed by atoms with Crippen LogP contribution >= 0.6 is 11.6 Å². The molecular formula is C13H14ClFN2. The van der Waals surface area contributed by atoms with Crippen molar-refractivity contribution in [1.82, 2.24) is 5.32 Å². The van der Waals surface area contributed by atoms with Crippen LogP contribution in [0, 0.1) is 17.1 Å². The molecule has 2 nitrogen and oxygen atoms in total. The molecule has 1 aromatic carbocycles. The molecule has 1 fully saturated rings. The Hall–Kier alpha value is -1.11. The minimum Gasteiger partial charge on any atom is -0.295 e. The van der Waals surface area contributed by atoms with E-state index in [0.29, 0.717) is 16.6 Å². The molecule has 0 amide bonds. The maximum absolute atomic E-state index is 13.2. The fraction of sp³-hybridized carbons (Fsp3) is 0.462. The first kappa shape index (κ1) is 12.3. The van der Waals surface area contributed by atoms with E-state index in [1.807, 2.05) is 0 Å². The van der Waals surface area contributed by atoms with Gasteiger partial charge in [-0.15, -0.1) is 0 Å². The van der Waals surface area contributed by atoms with Gasteiger partial charge in [0.25, 0.3) is 0 Å². The van der Waals surface area contributed by atoms with Crippen LogP contribution < -0.4 is 5.32 Å². The number of nitrogens with zero attached hydrogens (tertiary/aromatic N) is 1. The largest absolute Gasteiger partial charge is 0.295 e. The van der Waals surface area contributed by atoms with Gasteiger partial charge in [-0.3, -0.25) is 5.32 Å². The van der Waals surface area contributed by atoms with E-state index in [0.717, 1.165) is 12.8 Å². The van der Waals surface area contributed by atoms with Crippen molar-refractivity contribution < 1.29 is 4.39 Å². The highest BCUT2D eigenvalue weighted by Crippen LogP contribution is 2.24. The standard InChI is InChI=1S/C13H14ClFN2/c14-10-5-9(6-11(15)7-10)13(8-16)17-12-3-1-2-4-12/h5-7,12-13,17H,1-4H2. The summed E-state index contributed by atoms with van der Waals surface area (Å²) in [6.45, 7) is 0. The van der Waals surface area contributed by atoms with Gasteiger partial charge >= 0.3 is 0 Å². The average molecular weight is 253 g/mol. The molecule has 0 heterocycles. The Kier molecular flexibility index (Phi) is 3.98. The maximum atomic E-state index is 13.2. The number of hydrogen-bond acceptors (Lipinski definition) is 2. The summed E-state index contributed by atoms with van der Waals surface area (Å²) in [6, 6.07) is 6.29. The molecule has 0 aliphatic heterocycles. The molecular weight excluding hydrogens is 239 g/mol. The van der Waals surface area contributed by atoms with Gasteiger partial charge in [0.2, 0.25) is 0 Å². The van der Waals surface area contributed by atoms with E-state index in [1.165, 1.54) is 25.0 Å². The molecule has 1 aliphatic carbocycles. The molecule has 17 heavy (non-hydrogen) atoms. The second kappa shape index (κ2) is 5.48. The molecule has 1 N–H and O–H groups in total. The molecule has 2 rings (SSSR count). The Morgan fingerprint density at radius 1 is 1.35 bits per heavy atom. The third kappa shape index (κ3) is 3.18. The normalized spacial score (nSPS) is 17.9. The highest BCUT2D eigenvalue weighted by molar-refractivity contribution is 6.30. The van der Waals surface area contributed by atoms with Crippen molar-refractivity contribution >= 4 is 11.6 Å². The zero-order chi connectivity index (χ0) is 12.3. The van der Waals surface area contributed by atoms with Crippen LogP contribution in [0.4, 0.5) is 4.39 Å². The maximum Gasteiger partial charge on any atom is 0.125 e. The lowest BCUT2D eigenvalue weighted by Gasteiger charge is -2.17. The summed E-state index contributed by atoms with van der Waals surface area (Å²) in [5.74, 6) is -0.402. The molecule has 4 heteroatoms. The van der Waals surface area contributed by atoms with Crippen molar-refractivity contribution in [1.29, 1.82) is 5.26 Å². The monoisotopic (exact) mass is 252 g/mol. The summed E-state index contributed by atoms with van der Waals surface area (Å²) < 4.78 is 13.2. The van der Waals surface area contributed by atoms with Crippen LogP contribution in [0.2, 0.25) is 5.02 Å². The number of nitrogens with one attached hydrogen (secondary N) is 1. The van der Waals surface area contributed by atoms with Crippen molar-refractivity contribution in [2.24, 2.45) is 0 Å². The van der Waals surface area contributed by atoms with E-state index in [2.05, 4.69) is 11.4 Å². The van der Waals surface area contributed by atoms with Crippen molar-refractivity contribution in [2.45, 2.75) is 37.8 Å². The van der Waals surface area contributed by atoms with E-state index in [4.69, 9.17) is 16.9 Å². The molecule has 1 saturated carbocycles. The molecule has 0 aromatic heterocycles. The molecule has 1 atom stereocenters. The van der Waals surface area contributed by atoms with Crippen LogP contribution in [0.25, 0.3) is 0 Å². The van der Waals surface area contributed by atoms with Crippen LogP contribution in [0.5, 0.6) is 0 Å². The average Bonchev–Trinajstić information content (AvgIpc) is 2.77. The van der Waals surface area contributed by atoms with Crippen LogP contribution in [0.1, 0.15) is 37.3 Å². The summed E-state index contributed by atoms with van der Waals surface area (Å²) in [4.78, 5) is 0. The SMILES string of the molecule is N#CC(NC1CCCC1)c1cc(F)cc(Cl)c1. The zero-order valence-corrected chi connectivity index (χ0v) is 10.2. The van der Waals surface area contributed by atoms with Gasteiger partial charge in [-0.1, -0.05) is 24.4 Å². The van der Waals surface area contributed by atoms with E-state index in [-0.39, 0.29) is 0 Å². The van der Waals surface area contributed by atoms with Gasteiger partial charge < -0.3 is 0 Å². The molecule has 0 bridgehead atoms. The third-order valence-corrected chi connectivity index (χ3v) is 3.32. The Morgan fingerprint density at radius 2 is 2.06 bits per heavy atom. The Bertz CT molecular complexity index is 415. The first-order valence-corrected chi connectivity index (χ1v) is 6.18. The number of halogens is 2. The Balaban J connectivity index is 2.14. The van der Waals surface area contributed by atoms with Crippen molar-refractivity contribution in [3.63, 3.8) is 0 Å². The van der Waals surface area contributed by atoms with Gasteiger partial charge in [-0.2, -0.15) is 5.26 Å². The molecule has 0 radical (unpaired) electrons. The van der Waals surface area contributed by atoms with Crippen molar-refractivity contribution in [2.75, 3.05) is 0 Å². The van der Waals surface area contributed by atoms with Gasteiger partial charge in [0.1, 0.15) is 11.9 Å². The molecule has 0 spiro atoms. The minimum atomic E-state index is -0.480. The highest BCUT2D eigenvalue weighted by atomic mass is 35.5. The molecule has 1 unspecified atom stereocenters. The fourth-order valence-electron chi connectivity index (χ4n) is 2.28. The van der Waals surface area contributed by atoms with E-state index < -0.39 is 11.9 Å². The van der Waals surface area contributed by atoms with Gasteiger partial charge in [0.15, 0.2) is 0 Å². The zero-order valence-electron chi connectivity index (χ0n) is 9.42. The van der Waals surface area contributed by atoms with Gasteiger partial charge in [-0.25, -0.2) is 4.39 Å². The number of benzene rings is 1. The Labute approximate surface area is 105 Å². The molecule has 1 aliphatic rings. The third-order valence-electron chi connectivity index (χ3n) is 3.10. The quantitative estimate of drug-likeness (QED) is 0.893. The van der Waals surface area contributed by atoms with Crippen LogP contribution in [0.15, 0.2) is 18.2 Å². The topological polar surface area (TPSA) is 35.8 Å². The first-order valence-electron chi connectivity index (χ1n) is 5.80. The molecule has 1 aromatic rings. The smallest absolute Gasteiger partial charge is 0.125 e. The number of nitriles is 1. The second-order valence-electron chi connectivity index (χ2n) is 4.41. The fourth-order valence-corrected chi connectivity index (χ4v) is 2.51. The summed E-state index contributed by atoms with van der Waals surface area (Å²) >= 11 is 5.79. The van der Waals surface area contributed by atoms with E-state index in [9.17, 15) is 4.39 Å². The highest BCUT2D eigenvalue weighted by Gasteiger charge is 2.20. The van der Waals surface area contributed by atoms with Crippen LogP contribution in [-0.4, -0.2) is 6.04 Å². The molecule has 0 saturated heterocycles. The van der Waals surface area contributed by atoms with Gasteiger partial charge in [-0.05, 0) is 36.6 Å². The summed E-state index contributed by atoms with van der Waals surface area (Å²) in [7, 11) is 0. The Morgan fingerprint density at radius 3 is 2.65 bits per heavy atom. The number of rotatable bonds is 3. The first-order chi connectivity index (χ1) is 8.19. The van der Waals surface area contributed by atoms with Gasteiger partial charge in [0.05, 0.1) is 6.07 Å². The lowest BCUT2D eigenvalue weighted by atomic mass is 10.1. The van der Waals surface area contributed by atoms with Crippen LogP contribution in [0.3, 0.4) is 0 Å². The summed E-state index contributed by atoms with van der Waals surface area (Å²) in [5, 5.41) is 12.7. The van der Waals surface area contributed by atoms with Crippen molar-refractivity contribution in [3.05, 3.63) is 34.6 Å². The number of hydrogen-bond donors (Lipinski definition) is 1. The lowest BCUT2D eigenvalue weighted by Crippen LogP contribution is -2.29. The predicted molar refractivity (Wildman–Crippen MR) is 65.2 cm³/mol. The van der Waals surface area contributed by atoms with Crippen molar-refractivity contribution in [3.8, 4) is 6.07 Å². The predicted octanol–water partition coefficient (Wildman–Crippen LogP) is 3.58.